The van der Waals surface area contributed by atoms with Gasteiger partial charge in [0.25, 0.3) is 0 Å². The molecule has 1 fully saturated rings. The third kappa shape index (κ3) is 1.79. The fraction of sp³-hybridized carbons (Fsp3) is 0.385. The average molecular weight is 234 g/mol. The summed E-state index contributed by atoms with van der Waals surface area (Å²) in [5, 5.41) is 9.19. The summed E-state index contributed by atoms with van der Waals surface area (Å²) in [5.41, 5.74) is -0.793. The van der Waals surface area contributed by atoms with Gasteiger partial charge in [0.15, 0.2) is 5.78 Å². The van der Waals surface area contributed by atoms with Gasteiger partial charge in [0.2, 0.25) is 0 Å². The standard InChI is InChI=1S/C13H14O4/c1-17-10-5-2-4-9(8-10)11(14)13(12(15)16)6-3-7-13/h2,4-5,8H,3,6-7H2,1H3,(H,15,16). The zero-order chi connectivity index (χ0) is 12.5. The molecule has 90 valence electrons. The van der Waals surface area contributed by atoms with Crippen molar-refractivity contribution < 1.29 is 19.4 Å². The topological polar surface area (TPSA) is 63.6 Å². The number of methoxy groups -OCH3 is 1. The lowest BCUT2D eigenvalue weighted by Crippen LogP contribution is -2.45. The Labute approximate surface area is 99.2 Å². The van der Waals surface area contributed by atoms with Crippen molar-refractivity contribution >= 4 is 11.8 Å². The fourth-order valence-electron chi connectivity index (χ4n) is 2.11. The van der Waals surface area contributed by atoms with Crippen LogP contribution in [0.1, 0.15) is 29.6 Å². The molecule has 1 aromatic rings. The van der Waals surface area contributed by atoms with Crippen molar-refractivity contribution in [3.63, 3.8) is 0 Å². The summed E-state index contributed by atoms with van der Waals surface area (Å²) in [6, 6.07) is 6.64. The first-order valence-electron chi connectivity index (χ1n) is 5.52. The summed E-state index contributed by atoms with van der Waals surface area (Å²) < 4.78 is 5.03. The van der Waals surface area contributed by atoms with Crippen molar-refractivity contribution in [1.29, 1.82) is 0 Å². The van der Waals surface area contributed by atoms with Crippen molar-refractivity contribution in [2.24, 2.45) is 5.41 Å². The minimum absolute atomic E-state index is 0.310. The summed E-state index contributed by atoms with van der Waals surface area (Å²) in [5.74, 6) is -0.762. The summed E-state index contributed by atoms with van der Waals surface area (Å²) >= 11 is 0. The molecule has 0 aromatic heterocycles. The van der Waals surface area contributed by atoms with E-state index in [2.05, 4.69) is 0 Å². The Morgan fingerprint density at radius 1 is 1.35 bits per heavy atom. The zero-order valence-corrected chi connectivity index (χ0v) is 9.60. The minimum Gasteiger partial charge on any atom is -0.497 e. The van der Waals surface area contributed by atoms with Gasteiger partial charge in [-0.3, -0.25) is 9.59 Å². The number of hydrogen-bond acceptors (Lipinski definition) is 3. The van der Waals surface area contributed by atoms with E-state index in [0.29, 0.717) is 24.2 Å². The highest BCUT2D eigenvalue weighted by Gasteiger charge is 2.51. The van der Waals surface area contributed by atoms with Crippen molar-refractivity contribution in [1.82, 2.24) is 0 Å². The predicted molar refractivity (Wildman–Crippen MR) is 61.2 cm³/mol. The summed E-state index contributed by atoms with van der Waals surface area (Å²) in [6.45, 7) is 0. The van der Waals surface area contributed by atoms with E-state index < -0.39 is 11.4 Å². The van der Waals surface area contributed by atoms with Gasteiger partial charge >= 0.3 is 5.97 Å². The lowest BCUT2D eigenvalue weighted by atomic mass is 9.64. The highest BCUT2D eigenvalue weighted by atomic mass is 16.5. The van der Waals surface area contributed by atoms with Crippen LogP contribution < -0.4 is 4.74 Å². The summed E-state index contributed by atoms with van der Waals surface area (Å²) in [7, 11) is 1.51. The molecule has 0 radical (unpaired) electrons. The number of aliphatic carboxylic acids is 1. The zero-order valence-electron chi connectivity index (χ0n) is 9.60. The number of Topliss-reactive ketones (excluding diaryl/α,β-unsaturated/α-hetero) is 1. The molecule has 0 amide bonds. The van der Waals surface area contributed by atoms with Gasteiger partial charge in [0, 0.05) is 5.56 Å². The van der Waals surface area contributed by atoms with E-state index in [9.17, 15) is 14.7 Å². The maximum Gasteiger partial charge on any atom is 0.317 e. The molecule has 0 spiro atoms. The minimum atomic E-state index is -1.20. The second kappa shape index (κ2) is 4.20. The van der Waals surface area contributed by atoms with Gasteiger partial charge in [0.1, 0.15) is 11.2 Å². The van der Waals surface area contributed by atoms with E-state index in [4.69, 9.17) is 4.74 Å². The Morgan fingerprint density at radius 2 is 2.06 bits per heavy atom. The van der Waals surface area contributed by atoms with Crippen LogP contribution in [0, 0.1) is 5.41 Å². The number of ketones is 1. The van der Waals surface area contributed by atoms with E-state index in [0.717, 1.165) is 6.42 Å². The van der Waals surface area contributed by atoms with Crippen LogP contribution in [0.2, 0.25) is 0 Å². The monoisotopic (exact) mass is 234 g/mol. The van der Waals surface area contributed by atoms with Crippen molar-refractivity contribution in [2.45, 2.75) is 19.3 Å². The first kappa shape index (κ1) is 11.6. The summed E-state index contributed by atoms with van der Waals surface area (Å²) in [4.78, 5) is 23.4. The van der Waals surface area contributed by atoms with Crippen LogP contribution in [0.25, 0.3) is 0 Å². The van der Waals surface area contributed by atoms with Crippen molar-refractivity contribution in [3.05, 3.63) is 29.8 Å². The smallest absolute Gasteiger partial charge is 0.317 e. The number of carboxylic acid groups (broad SMARTS) is 1. The Morgan fingerprint density at radius 3 is 2.53 bits per heavy atom. The number of hydrogen-bond donors (Lipinski definition) is 1. The number of carbonyl (C=O) groups is 2. The maximum absolute atomic E-state index is 12.2. The van der Waals surface area contributed by atoms with E-state index in [1.165, 1.54) is 7.11 Å². The van der Waals surface area contributed by atoms with E-state index >= 15 is 0 Å². The highest BCUT2D eigenvalue weighted by Crippen LogP contribution is 2.44. The maximum atomic E-state index is 12.2. The van der Waals surface area contributed by atoms with Gasteiger partial charge in [0.05, 0.1) is 7.11 Å². The average Bonchev–Trinajstić information content (AvgIpc) is 2.27. The molecule has 1 saturated carbocycles. The molecule has 4 heteroatoms. The Balaban J connectivity index is 2.33. The molecule has 0 saturated heterocycles. The third-order valence-electron chi connectivity index (χ3n) is 3.38. The Bertz CT molecular complexity index is 460. The Kier molecular flexibility index (Phi) is 2.88. The van der Waals surface area contributed by atoms with Gasteiger partial charge in [-0.1, -0.05) is 18.6 Å². The molecule has 0 aliphatic heterocycles. The lowest BCUT2D eigenvalue weighted by molar-refractivity contribution is -0.150. The SMILES string of the molecule is COc1cccc(C(=O)C2(C(=O)O)CCC2)c1. The second-order valence-corrected chi connectivity index (χ2v) is 4.30. The molecule has 1 aromatic carbocycles. The molecule has 0 bridgehead atoms. The van der Waals surface area contributed by atoms with Crippen LogP contribution in [0.4, 0.5) is 0 Å². The van der Waals surface area contributed by atoms with Crippen molar-refractivity contribution in [2.75, 3.05) is 7.11 Å². The van der Waals surface area contributed by atoms with Gasteiger partial charge < -0.3 is 9.84 Å². The van der Waals surface area contributed by atoms with Gasteiger partial charge in [-0.05, 0) is 25.0 Å². The number of ether oxygens (including phenoxy) is 1. The molecule has 0 heterocycles. The first-order valence-corrected chi connectivity index (χ1v) is 5.52. The van der Waals surface area contributed by atoms with Gasteiger partial charge in [-0.15, -0.1) is 0 Å². The molecular formula is C13H14O4. The van der Waals surface area contributed by atoms with Crippen LogP contribution in [-0.4, -0.2) is 24.0 Å². The fourth-order valence-corrected chi connectivity index (χ4v) is 2.11. The molecule has 1 aliphatic carbocycles. The molecule has 0 atom stereocenters. The molecular weight excluding hydrogens is 220 g/mol. The first-order chi connectivity index (χ1) is 8.10. The third-order valence-corrected chi connectivity index (χ3v) is 3.38. The normalized spacial score (nSPS) is 17.0. The van der Waals surface area contributed by atoms with Crippen LogP contribution in [0.5, 0.6) is 5.75 Å². The number of benzene rings is 1. The van der Waals surface area contributed by atoms with E-state index in [1.54, 1.807) is 24.3 Å². The van der Waals surface area contributed by atoms with Gasteiger partial charge in [-0.2, -0.15) is 0 Å². The molecule has 2 rings (SSSR count). The lowest BCUT2D eigenvalue weighted by Gasteiger charge is -2.35. The molecule has 1 aliphatic rings. The second-order valence-electron chi connectivity index (χ2n) is 4.30. The van der Waals surface area contributed by atoms with Crippen LogP contribution in [-0.2, 0) is 4.79 Å². The number of carboxylic acids is 1. The number of carbonyl (C=O) groups excluding carboxylic acids is 1. The molecule has 4 nitrogen and oxygen atoms in total. The van der Waals surface area contributed by atoms with Gasteiger partial charge in [-0.25, -0.2) is 0 Å². The van der Waals surface area contributed by atoms with E-state index in [-0.39, 0.29) is 5.78 Å². The molecule has 17 heavy (non-hydrogen) atoms. The largest absolute Gasteiger partial charge is 0.497 e. The Hall–Kier alpha value is -1.84. The highest BCUT2D eigenvalue weighted by molar-refractivity contribution is 6.12. The summed E-state index contributed by atoms with van der Waals surface area (Å²) in [6.07, 6.45) is 1.65. The van der Waals surface area contributed by atoms with Crippen LogP contribution in [0.15, 0.2) is 24.3 Å². The molecule has 0 unspecified atom stereocenters. The van der Waals surface area contributed by atoms with Crippen molar-refractivity contribution in [3.8, 4) is 5.75 Å². The van der Waals surface area contributed by atoms with E-state index in [1.807, 2.05) is 0 Å². The predicted octanol–water partition coefficient (Wildman–Crippen LogP) is 2.13. The number of rotatable bonds is 4. The van der Waals surface area contributed by atoms with Crippen LogP contribution >= 0.6 is 0 Å². The molecule has 1 N–H and O–H groups in total. The van der Waals surface area contributed by atoms with Crippen LogP contribution in [0.3, 0.4) is 0 Å². The quantitative estimate of drug-likeness (QED) is 0.640.